The third-order valence-electron chi connectivity index (χ3n) is 22.6. The van der Waals surface area contributed by atoms with E-state index < -0.39 is 231 Å². The first-order valence-electron chi connectivity index (χ1n) is 39.4. The predicted molar refractivity (Wildman–Crippen MR) is 472 cm³/mol. The van der Waals surface area contributed by atoms with Crippen molar-refractivity contribution in [3.63, 3.8) is 0 Å². The van der Waals surface area contributed by atoms with Gasteiger partial charge in [0.1, 0.15) is 83.8 Å². The maximum absolute atomic E-state index is 16.0. The predicted octanol–water partition coefficient (Wildman–Crippen LogP) is 1.05. The number of H-pyrrole nitrogens is 3. The zero-order valence-corrected chi connectivity index (χ0v) is 77.8. The highest BCUT2D eigenvalue weighted by molar-refractivity contribution is 8.44. The Morgan fingerprint density at radius 1 is 0.407 bits per heavy atom. The number of pyridine rings is 3. The van der Waals surface area contributed by atoms with Crippen molar-refractivity contribution in [2.45, 2.75) is 147 Å². The van der Waals surface area contributed by atoms with Crippen molar-refractivity contribution in [3.8, 4) is 0 Å². The molecule has 0 radical (unpaired) electrons. The summed E-state index contributed by atoms with van der Waals surface area (Å²) in [4.78, 5) is 145. The number of alkyl halides is 4. The number of anilines is 6. The Kier molecular flexibility index (Phi) is 25.1. The molecule has 22 heterocycles. The Morgan fingerprint density at radius 2 is 0.807 bits per heavy atom. The number of hydrogen-bond acceptors (Lipinski definition) is 47. The van der Waals surface area contributed by atoms with Crippen molar-refractivity contribution in [1.29, 1.82) is 0 Å². The molecule has 8 unspecified atom stereocenters. The van der Waals surface area contributed by atoms with Gasteiger partial charge in [-0.3, -0.25) is 79.3 Å². The van der Waals surface area contributed by atoms with Crippen LogP contribution in [0.1, 0.15) is 43.8 Å². The largest absolute Gasteiger partial charge is 0.397 e. The molecule has 29 atom stereocenters. The van der Waals surface area contributed by atoms with Crippen molar-refractivity contribution < 1.29 is 134 Å². The molecule has 72 heteroatoms. The summed E-state index contributed by atoms with van der Waals surface area (Å²) in [6.45, 7) is -28.9. The van der Waals surface area contributed by atoms with Crippen LogP contribution in [-0.4, -0.2) is 282 Å². The van der Waals surface area contributed by atoms with Crippen LogP contribution in [0.3, 0.4) is 0 Å². The van der Waals surface area contributed by atoms with E-state index in [9.17, 15) is 43.4 Å². The molecule has 10 fully saturated rings. The van der Waals surface area contributed by atoms with Gasteiger partial charge in [0.15, 0.2) is 118 Å². The summed E-state index contributed by atoms with van der Waals surface area (Å²) >= 11 is 30.2. The summed E-state index contributed by atoms with van der Waals surface area (Å²) in [5, 5.41) is 7.82. The molecule has 10 saturated heterocycles. The number of nitrogen functional groups attached to an aromatic ring is 6. The molecule has 0 aliphatic carbocycles. The second-order valence-corrected chi connectivity index (χ2v) is 48.0. The normalized spacial score (nSPS) is 38.0. The molecule has 0 aromatic carbocycles. The van der Waals surface area contributed by atoms with Gasteiger partial charge in [0.25, 0.3) is 16.7 Å². The third-order valence-corrected chi connectivity index (χ3v) is 32.0. The maximum atomic E-state index is 16.0. The number of nitrogens with zero attached hydrogens (tertiary/aromatic N) is 19. The fraction of sp³-hybridized carbons (Fsp3) is 0.492. The van der Waals surface area contributed by atoms with Gasteiger partial charge >= 0.3 is 40.4 Å². The lowest BCUT2D eigenvalue weighted by Crippen LogP contribution is -2.45. The Hall–Kier alpha value is -7.77. The number of imidazole rings is 5. The fourth-order valence-electron chi connectivity index (χ4n) is 16.6. The van der Waals surface area contributed by atoms with Gasteiger partial charge in [-0.15, -0.1) is 5.10 Å². The van der Waals surface area contributed by atoms with E-state index in [1.165, 1.54) is 63.7 Å². The van der Waals surface area contributed by atoms with E-state index in [0.717, 1.165) is 15.6 Å². The average Bonchev–Trinajstić information content (AvgIpc) is 1.55. The molecule has 0 saturated carbocycles. The molecule has 22 rings (SSSR count). The number of rotatable bonds is 6. The van der Waals surface area contributed by atoms with E-state index in [-0.39, 0.29) is 93.5 Å². The fourth-order valence-corrected chi connectivity index (χ4v) is 25.2. The number of hydrogen-bond donors (Lipinski definition) is 15. The number of ether oxygens (including phenoxy) is 7. The van der Waals surface area contributed by atoms with Crippen LogP contribution in [0.2, 0.25) is 0 Å². The van der Waals surface area contributed by atoms with Gasteiger partial charge < -0.3 is 119 Å². The molecule has 12 aromatic rings. The molecule has 10 aliphatic heterocycles. The summed E-state index contributed by atoms with van der Waals surface area (Å²) in [6.07, 6.45) is -21.0. The third kappa shape index (κ3) is 18.1. The number of halogens is 4. The Labute approximate surface area is 778 Å². The van der Waals surface area contributed by atoms with E-state index in [1.807, 2.05) is 0 Å². The van der Waals surface area contributed by atoms with Crippen LogP contribution in [-0.2, 0) is 151 Å². The Bertz CT molecular complexity index is 7210. The van der Waals surface area contributed by atoms with E-state index in [2.05, 4.69) is 92.3 Å². The van der Waals surface area contributed by atoms with Gasteiger partial charge in [0.2, 0.25) is 17.8 Å². The van der Waals surface area contributed by atoms with Gasteiger partial charge in [0, 0.05) is 25.0 Å². The topological polar surface area (TPSA) is 745 Å². The van der Waals surface area contributed by atoms with E-state index >= 15 is 17.6 Å². The Morgan fingerprint density at radius 3 is 1.32 bits per heavy atom. The average molecular weight is 2120 g/mol. The van der Waals surface area contributed by atoms with Crippen molar-refractivity contribution in [2.75, 3.05) is 80.7 Å². The maximum Gasteiger partial charge on any atom is 0.386 e. The molecule has 56 nitrogen and oxygen atoms in total. The van der Waals surface area contributed by atoms with Crippen LogP contribution in [0, 0.1) is 0 Å². The molecule has 0 amide bonds. The second-order valence-electron chi connectivity index (χ2n) is 31.2. The molecule has 135 heavy (non-hydrogen) atoms. The molecule has 12 aromatic heterocycles. The highest BCUT2D eigenvalue weighted by Crippen LogP contribution is 2.63. The van der Waals surface area contributed by atoms with Gasteiger partial charge in [-0.05, 0) is 77.2 Å². The summed E-state index contributed by atoms with van der Waals surface area (Å²) in [5.74, 6) is -0.652. The number of nitrogens with one attached hydrogen (secondary N) is 3. The van der Waals surface area contributed by atoms with Crippen molar-refractivity contribution in [1.82, 2.24) is 108 Å². The van der Waals surface area contributed by atoms with Crippen molar-refractivity contribution in [2.24, 2.45) is 0 Å². The highest BCUT2D eigenvalue weighted by Gasteiger charge is 2.66. The molecule has 724 valence electrons. The molecule has 8 bridgehead atoms. The number of nitrogens with two attached hydrogens (primary N) is 6. The van der Waals surface area contributed by atoms with Crippen LogP contribution < -0.4 is 51.1 Å². The van der Waals surface area contributed by atoms with Crippen LogP contribution >= 0.6 is 52.6 Å². The minimum atomic E-state index is -4.36. The first-order valence-corrected chi connectivity index (χ1v) is 55.0. The second kappa shape index (κ2) is 35.8. The van der Waals surface area contributed by atoms with Gasteiger partial charge in [-0.25, -0.2) is 62.0 Å². The molecular formula is C63H70F4N28O28P6S6. The quantitative estimate of drug-likeness (QED) is 0.0628. The van der Waals surface area contributed by atoms with Crippen molar-refractivity contribution >= 4 is 214 Å². The van der Waals surface area contributed by atoms with Gasteiger partial charge in [-0.2, -0.15) is 19.6 Å². The number of fused-ring (bicyclic) bond motifs is 14. The first-order chi connectivity index (χ1) is 64.1. The molecule has 20 N–H and O–H groups in total. The monoisotopic (exact) mass is 2120 g/mol. The molecular weight excluding hydrogens is 2050 g/mol. The number of aromatic nitrogens is 22. The zero-order valence-electron chi connectivity index (χ0n) is 67.5. The number of aromatic amines is 3. The Balaban J connectivity index is 0.000000126. The summed E-state index contributed by atoms with van der Waals surface area (Å²) in [6, 6.07) is 4.62. The summed E-state index contributed by atoms with van der Waals surface area (Å²) in [7, 11) is 0. The van der Waals surface area contributed by atoms with Crippen LogP contribution in [0.25, 0.3) is 67.0 Å². The molecule has 10 aliphatic rings. The molecule has 0 spiro atoms. The SMILES string of the molecule is Nc1nc2c(ncn2[C@@H]2O[C@@H]3COP(=O)(S)O[C@@H]4C(F)[C@H](n5cnc6c(N)ccnc65)O[C@@H]4COP(O)(=S)OC2C3)c(=O)[nH]1.Nc1nc2c(ncn2[C@@H]2O[C@@H]3COP(O)(=S)O[C@H]4[C@H](F)[C@H](n5nnc6c(N)ccnc65)O[C@@H]4COP(O)(=S)O[C@@H]2[C@@H]3F)c(=O)[nH]1.Nc1nc2c(ncn2[C@@H]2O[C@@H]3COP(O)(=S)O[C@H]4[C@H]5OC[C@]4(COP(O)(=S)O[C@@H]2[C@H]3F)O[C@H]5n2cnc3c(N)ccnc32)c(=O)[nH]1. The zero-order chi connectivity index (χ0) is 95.0. The van der Waals surface area contributed by atoms with E-state index in [0.29, 0.717) is 28.1 Å². The lowest BCUT2D eigenvalue weighted by molar-refractivity contribution is -0.183. The summed E-state index contributed by atoms with van der Waals surface area (Å²) < 4.78 is 194. The minimum Gasteiger partial charge on any atom is -0.397 e. The van der Waals surface area contributed by atoms with Crippen LogP contribution in [0.15, 0.2) is 82.8 Å². The smallest absolute Gasteiger partial charge is 0.386 e. The van der Waals surface area contributed by atoms with Gasteiger partial charge in [-0.1, -0.05) is 17.5 Å². The standard InChI is InChI=1S/C22H24FN9O10P2S2.C21H24FN9O9P2S2.C20H22F2N10O9P2S2/c23-10-9-3-37-43(34,45)42-15-14-20(31-6-27-11-8(24)1-2-26-16(11)31)40-22(15,4-36-14)5-38-44(35,46)41-13(10)19(39-9)32-7-28-12-17(32)29-21(25)30-18(12)33;22-12-15-11(38-20(12)30-6-26-13-9(23)1-2-25-16(13)30)5-36-41(33,43)39-10-3-8(4-35-42(34,44)40-15)37-19(10)31-7-27-14-17(31)28-21(24)29-18(14)32;21-9-7-3-36-42(34,44)40-13-8(39-18(10(13)22)32-15-11(29-30-32)6(23)1-2-25-15)4-37-43(35,45)41-14(9)19(38-7)31-5-26-12-16(31)27-20(24)28-17(12)33/h1-2,6-7,9-10,13-15,19-20H,3-5H2,(H2,24,26)(H,34,45)(H,35,46)(H3,25,29,30,33);1-2,6-8,10-12,15,19-20H,3-5H2,(H2,23,25)(H,33,43)(H,34,44)(H3,24,28,29,32);1-2,5,7-10,13-14,18-19H,3-4H2,(H2,23,25)(H,34,44)(H,35,45)(H3,24,27,28,33)/t9-,10+,13-,14-,15+,19-,20-,22-,43?,44?;8-,10?,11+,12?,15-,19+,20+,41?,42?;7-,8-,9-,10+,13-,14-,18-,19-,42?,43?/m101/s1. The van der Waals surface area contributed by atoms with E-state index in [4.69, 9.17) is 181 Å². The summed E-state index contributed by atoms with van der Waals surface area (Å²) in [5.41, 5.74) is 33.9. The van der Waals surface area contributed by atoms with Crippen molar-refractivity contribution in [3.05, 3.63) is 99.5 Å². The number of thiol groups is 1. The van der Waals surface area contributed by atoms with E-state index in [1.54, 1.807) is 16.7 Å². The van der Waals surface area contributed by atoms with Gasteiger partial charge in [0.05, 0.1) is 101 Å². The lowest BCUT2D eigenvalue weighted by atomic mass is 10.0. The van der Waals surface area contributed by atoms with Crippen LogP contribution in [0.5, 0.6) is 0 Å². The minimum absolute atomic E-state index is 0.0214. The van der Waals surface area contributed by atoms with Crippen LogP contribution in [0.4, 0.5) is 52.5 Å². The first kappa shape index (κ1) is 94.8. The lowest BCUT2D eigenvalue weighted by Gasteiger charge is -2.33. The highest BCUT2D eigenvalue weighted by atomic mass is 32.7.